The van der Waals surface area contributed by atoms with E-state index in [-0.39, 0.29) is 5.69 Å². The van der Waals surface area contributed by atoms with Gasteiger partial charge in [0.05, 0.1) is 4.90 Å². The zero-order chi connectivity index (χ0) is 11.0. The van der Waals surface area contributed by atoms with Crippen LogP contribution in [0.1, 0.15) is 5.69 Å². The molecule has 0 spiro atoms. The molecule has 0 fully saturated rings. The Kier molecular flexibility index (Phi) is 2.76. The number of sulfone groups is 1. The topological polar surface area (TPSA) is 73.7 Å². The number of nitriles is 1. The van der Waals surface area contributed by atoms with E-state index in [2.05, 4.69) is 4.98 Å². The highest BCUT2D eigenvalue weighted by Crippen LogP contribution is 2.35. The smallest absolute Gasteiger partial charge is 0.352 e. The van der Waals surface area contributed by atoms with E-state index in [1.165, 1.54) is 0 Å². The molecule has 0 aliphatic rings. The van der Waals surface area contributed by atoms with Gasteiger partial charge < -0.3 is 4.98 Å². The van der Waals surface area contributed by atoms with Crippen molar-refractivity contribution in [3.05, 3.63) is 18.0 Å². The van der Waals surface area contributed by atoms with Gasteiger partial charge in [-0.2, -0.15) is 9.65 Å². The summed E-state index contributed by atoms with van der Waals surface area (Å²) in [4.78, 5) is 1.84. The normalized spacial score (nSPS) is 12.4. The van der Waals surface area contributed by atoms with Gasteiger partial charge in [-0.15, -0.1) is 0 Å². The number of alkyl halides is 3. The quantitative estimate of drug-likeness (QED) is 0.819. The van der Waals surface area contributed by atoms with Crippen LogP contribution in [0.4, 0.5) is 4.39 Å². The Hall–Kier alpha value is -0.770. The molecular formula is C6H3Cl2FN2O2S. The summed E-state index contributed by atoms with van der Waals surface area (Å²) >= 11 is 9.65. The van der Waals surface area contributed by atoms with Crippen molar-refractivity contribution in [3.8, 4) is 6.07 Å². The van der Waals surface area contributed by atoms with Crippen LogP contribution in [-0.2, 0) is 9.84 Å². The summed E-state index contributed by atoms with van der Waals surface area (Å²) in [6.45, 7) is 0. The first kappa shape index (κ1) is 11.3. The minimum absolute atomic E-state index is 0.0267. The summed E-state index contributed by atoms with van der Waals surface area (Å²) in [5.74, 6) is 0. The lowest BCUT2D eigenvalue weighted by Crippen LogP contribution is -2.20. The van der Waals surface area contributed by atoms with Crippen molar-refractivity contribution in [1.29, 1.82) is 5.26 Å². The lowest BCUT2D eigenvalue weighted by atomic mass is 10.5. The molecule has 0 aliphatic carbocycles. The number of nitrogens with zero attached hydrogens (tertiary/aromatic N) is 1. The predicted molar refractivity (Wildman–Crippen MR) is 48.2 cm³/mol. The SMILES string of the molecule is N#Cc1cc(S(=O)(=O)C(F)(Cl)Cl)c[nH]1. The van der Waals surface area contributed by atoms with Gasteiger partial charge in [0.25, 0.3) is 0 Å². The molecule has 0 unspecified atom stereocenters. The second-order valence-corrected chi connectivity index (χ2v) is 6.03. The van der Waals surface area contributed by atoms with Gasteiger partial charge in [0, 0.05) is 6.20 Å². The lowest BCUT2D eigenvalue weighted by Gasteiger charge is -2.07. The fourth-order valence-electron chi connectivity index (χ4n) is 0.728. The molecule has 0 aromatic carbocycles. The Morgan fingerprint density at radius 3 is 2.50 bits per heavy atom. The number of nitrogens with one attached hydrogen (secondary N) is 1. The van der Waals surface area contributed by atoms with Crippen LogP contribution in [0, 0.1) is 11.3 Å². The molecule has 0 amide bonds. The first-order valence-corrected chi connectivity index (χ1v) is 5.43. The zero-order valence-electron chi connectivity index (χ0n) is 6.46. The van der Waals surface area contributed by atoms with E-state index < -0.39 is 18.7 Å². The molecule has 1 aromatic heterocycles. The molecule has 14 heavy (non-hydrogen) atoms. The van der Waals surface area contributed by atoms with Crippen LogP contribution in [0.3, 0.4) is 0 Å². The molecule has 0 saturated carbocycles. The zero-order valence-corrected chi connectivity index (χ0v) is 8.79. The van der Waals surface area contributed by atoms with Crippen LogP contribution in [-0.4, -0.2) is 17.3 Å². The van der Waals surface area contributed by atoms with E-state index in [0.717, 1.165) is 12.3 Å². The van der Waals surface area contributed by atoms with Crippen molar-refractivity contribution in [1.82, 2.24) is 4.98 Å². The molecule has 0 atom stereocenters. The summed E-state index contributed by atoms with van der Waals surface area (Å²) in [7, 11) is -4.48. The van der Waals surface area contributed by atoms with Gasteiger partial charge in [-0.1, -0.05) is 0 Å². The highest BCUT2D eigenvalue weighted by atomic mass is 35.5. The third kappa shape index (κ3) is 1.85. The maximum absolute atomic E-state index is 12.8. The fourth-order valence-corrected chi connectivity index (χ4v) is 2.02. The summed E-state index contributed by atoms with van der Waals surface area (Å²) in [5, 5.41) is 8.38. The molecule has 1 heterocycles. The number of halogens is 3. The molecular weight excluding hydrogens is 254 g/mol. The first-order chi connectivity index (χ1) is 6.29. The average molecular weight is 257 g/mol. The Balaban J connectivity index is 3.26. The Bertz CT molecular complexity index is 483. The molecule has 8 heteroatoms. The highest BCUT2D eigenvalue weighted by Gasteiger charge is 2.42. The van der Waals surface area contributed by atoms with E-state index in [1.807, 2.05) is 0 Å². The standard InChI is InChI=1S/C6H3Cl2FN2O2S/c7-6(8,9)14(12,13)5-1-4(2-10)11-3-5/h1,3,11H. The first-order valence-electron chi connectivity index (χ1n) is 3.19. The van der Waals surface area contributed by atoms with Gasteiger partial charge >= 0.3 is 3.92 Å². The maximum atomic E-state index is 12.8. The molecule has 4 nitrogen and oxygen atoms in total. The Morgan fingerprint density at radius 2 is 2.14 bits per heavy atom. The van der Waals surface area contributed by atoms with E-state index >= 15 is 0 Å². The second kappa shape index (κ2) is 3.42. The van der Waals surface area contributed by atoms with Gasteiger partial charge in [-0.3, -0.25) is 0 Å². The summed E-state index contributed by atoms with van der Waals surface area (Å²) < 4.78 is 31.8. The fraction of sp³-hybridized carbons (Fsp3) is 0.167. The van der Waals surface area contributed by atoms with E-state index in [0.29, 0.717) is 0 Å². The third-order valence-electron chi connectivity index (χ3n) is 1.39. The van der Waals surface area contributed by atoms with Gasteiger partial charge in [0.15, 0.2) is 0 Å². The molecule has 1 rings (SSSR count). The Labute approximate surface area is 89.2 Å². The van der Waals surface area contributed by atoms with E-state index in [1.54, 1.807) is 6.07 Å². The van der Waals surface area contributed by atoms with Crippen LogP contribution < -0.4 is 0 Å². The predicted octanol–water partition coefficient (Wildman–Crippen LogP) is 1.72. The molecule has 0 saturated heterocycles. The summed E-state index contributed by atoms with van der Waals surface area (Å²) in [6, 6.07) is 2.58. The molecule has 0 radical (unpaired) electrons. The minimum atomic E-state index is -4.48. The van der Waals surface area contributed by atoms with Gasteiger partial charge in [0.1, 0.15) is 11.8 Å². The van der Waals surface area contributed by atoms with Crippen molar-refractivity contribution < 1.29 is 12.8 Å². The van der Waals surface area contributed by atoms with Crippen molar-refractivity contribution in [2.24, 2.45) is 0 Å². The number of hydrogen-bond acceptors (Lipinski definition) is 3. The number of rotatable bonds is 2. The van der Waals surface area contributed by atoms with Crippen molar-refractivity contribution >= 4 is 33.0 Å². The van der Waals surface area contributed by atoms with E-state index in [9.17, 15) is 12.8 Å². The van der Waals surface area contributed by atoms with Crippen LogP contribution in [0.25, 0.3) is 0 Å². The third-order valence-corrected chi connectivity index (χ3v) is 4.08. The van der Waals surface area contributed by atoms with E-state index in [4.69, 9.17) is 28.5 Å². The van der Waals surface area contributed by atoms with Gasteiger partial charge in [-0.25, -0.2) is 8.42 Å². The lowest BCUT2D eigenvalue weighted by molar-refractivity contribution is 0.469. The molecule has 76 valence electrons. The maximum Gasteiger partial charge on any atom is 0.362 e. The van der Waals surface area contributed by atoms with Gasteiger partial charge in [-0.05, 0) is 29.3 Å². The van der Waals surface area contributed by atoms with Crippen LogP contribution in [0.15, 0.2) is 17.2 Å². The number of H-pyrrole nitrogens is 1. The average Bonchev–Trinajstić information content (AvgIpc) is 2.49. The number of aromatic amines is 1. The monoisotopic (exact) mass is 256 g/mol. The Morgan fingerprint density at radius 1 is 1.57 bits per heavy atom. The molecule has 0 bridgehead atoms. The number of hydrogen-bond donors (Lipinski definition) is 1. The van der Waals surface area contributed by atoms with Crippen LogP contribution in [0.2, 0.25) is 0 Å². The molecule has 1 N–H and O–H groups in total. The minimum Gasteiger partial charge on any atom is -0.352 e. The summed E-state index contributed by atoms with van der Waals surface area (Å²) in [6.07, 6.45) is 0.937. The van der Waals surface area contributed by atoms with Crippen LogP contribution >= 0.6 is 23.2 Å². The highest BCUT2D eigenvalue weighted by molar-refractivity contribution is 7.95. The van der Waals surface area contributed by atoms with Crippen molar-refractivity contribution in [3.63, 3.8) is 0 Å². The largest absolute Gasteiger partial charge is 0.362 e. The van der Waals surface area contributed by atoms with Crippen molar-refractivity contribution in [2.75, 3.05) is 0 Å². The number of aromatic nitrogens is 1. The molecule has 1 aromatic rings. The van der Waals surface area contributed by atoms with Crippen molar-refractivity contribution in [2.45, 2.75) is 8.81 Å². The van der Waals surface area contributed by atoms with Crippen LogP contribution in [0.5, 0.6) is 0 Å². The summed E-state index contributed by atoms with van der Waals surface area (Å²) in [5.41, 5.74) is -0.0267. The second-order valence-electron chi connectivity index (χ2n) is 2.31. The molecule has 0 aliphatic heterocycles. The van der Waals surface area contributed by atoms with Gasteiger partial charge in [0.2, 0.25) is 9.84 Å².